The zero-order chi connectivity index (χ0) is 12.0. The van der Waals surface area contributed by atoms with Gasteiger partial charge in [0.05, 0.1) is 11.2 Å². The largest absolute Gasteiger partial charge is 0.518 e. The van der Waals surface area contributed by atoms with E-state index >= 15 is 0 Å². The maximum Gasteiger partial charge on any atom is 0.518 e. The zero-order valence-corrected chi connectivity index (χ0v) is 10.5. The fourth-order valence-electron chi connectivity index (χ4n) is 1.57. The molecule has 4 nitrogen and oxygen atoms in total. The molecule has 1 aromatic heterocycles. The molecular weight excluding hydrogens is 205 g/mol. The smallest absolute Gasteiger partial charge is 0.398 e. The quantitative estimate of drug-likeness (QED) is 0.713. The number of aryl methyl sites for hydroxylation is 1. The minimum atomic E-state index is -0.422. The van der Waals surface area contributed by atoms with Gasteiger partial charge in [-0.3, -0.25) is 0 Å². The Bertz CT molecular complexity index is 370. The molecule has 0 N–H and O–H groups in total. The average molecular weight is 223 g/mol. The fourth-order valence-corrected chi connectivity index (χ4v) is 1.57. The van der Waals surface area contributed by atoms with E-state index < -0.39 is 7.12 Å². The number of rotatable bonds is 2. The Kier molecular flexibility index (Phi) is 2.63. The van der Waals surface area contributed by atoms with Crippen molar-refractivity contribution in [1.29, 1.82) is 0 Å². The standard InChI is InChI=1S/C11H18BNO3/c1-6-8-7-9(13-14-8)12-15-10(2,3)11(4,5)16-12/h7H,6H2,1-5H3. The third-order valence-corrected chi connectivity index (χ3v) is 3.42. The normalized spacial score (nSPS) is 22.7. The Hall–Kier alpha value is -0.805. The third-order valence-electron chi connectivity index (χ3n) is 3.42. The summed E-state index contributed by atoms with van der Waals surface area (Å²) in [6.45, 7) is 10.1. The summed E-state index contributed by atoms with van der Waals surface area (Å²) >= 11 is 0. The van der Waals surface area contributed by atoms with Crippen LogP contribution in [0.4, 0.5) is 0 Å². The van der Waals surface area contributed by atoms with Crippen molar-refractivity contribution in [1.82, 2.24) is 5.16 Å². The Labute approximate surface area is 96.4 Å². The summed E-state index contributed by atoms with van der Waals surface area (Å²) in [4.78, 5) is 0. The first-order chi connectivity index (χ1) is 7.36. The molecule has 0 spiro atoms. The Balaban J connectivity index is 2.20. The van der Waals surface area contributed by atoms with Crippen LogP contribution in [0.3, 0.4) is 0 Å². The third kappa shape index (κ3) is 1.78. The lowest BCUT2D eigenvalue weighted by Gasteiger charge is -2.32. The predicted octanol–water partition coefficient (Wildman–Crippen LogP) is 1.54. The predicted molar refractivity (Wildman–Crippen MR) is 61.6 cm³/mol. The van der Waals surface area contributed by atoms with Gasteiger partial charge in [0.15, 0.2) is 0 Å². The minimum absolute atomic E-state index is 0.330. The van der Waals surface area contributed by atoms with E-state index in [0.29, 0.717) is 0 Å². The van der Waals surface area contributed by atoms with Crippen molar-refractivity contribution in [3.05, 3.63) is 11.8 Å². The Morgan fingerprint density at radius 2 is 1.75 bits per heavy atom. The molecule has 0 atom stereocenters. The number of aromatic nitrogens is 1. The first kappa shape index (κ1) is 11.7. The van der Waals surface area contributed by atoms with Gasteiger partial charge in [-0.1, -0.05) is 12.1 Å². The van der Waals surface area contributed by atoms with E-state index in [-0.39, 0.29) is 11.2 Å². The van der Waals surface area contributed by atoms with Crippen LogP contribution in [0.15, 0.2) is 10.6 Å². The van der Waals surface area contributed by atoms with Gasteiger partial charge in [0, 0.05) is 12.5 Å². The van der Waals surface area contributed by atoms with Gasteiger partial charge in [-0.25, -0.2) is 0 Å². The van der Waals surface area contributed by atoms with Crippen molar-refractivity contribution in [3.8, 4) is 0 Å². The lowest BCUT2D eigenvalue weighted by molar-refractivity contribution is 0.00578. The van der Waals surface area contributed by atoms with Crippen LogP contribution in [0.2, 0.25) is 0 Å². The zero-order valence-electron chi connectivity index (χ0n) is 10.5. The molecule has 0 aromatic carbocycles. The van der Waals surface area contributed by atoms with Crippen LogP contribution in [-0.4, -0.2) is 23.5 Å². The highest BCUT2D eigenvalue weighted by atomic mass is 16.7. The van der Waals surface area contributed by atoms with Gasteiger partial charge < -0.3 is 13.8 Å². The van der Waals surface area contributed by atoms with Gasteiger partial charge in [-0.2, -0.15) is 0 Å². The van der Waals surface area contributed by atoms with Gasteiger partial charge in [0.2, 0.25) is 0 Å². The summed E-state index contributed by atoms with van der Waals surface area (Å²) in [5.74, 6) is 0.852. The van der Waals surface area contributed by atoms with E-state index in [1.165, 1.54) is 0 Å². The molecule has 0 saturated carbocycles. The summed E-state index contributed by atoms with van der Waals surface area (Å²) in [5.41, 5.74) is 0.0573. The lowest BCUT2D eigenvalue weighted by atomic mass is 9.85. The maximum atomic E-state index is 5.86. The molecule has 88 valence electrons. The molecule has 1 aliphatic heterocycles. The highest BCUT2D eigenvalue weighted by molar-refractivity contribution is 6.61. The molecule has 2 rings (SSSR count). The lowest BCUT2D eigenvalue weighted by Crippen LogP contribution is -2.41. The van der Waals surface area contributed by atoms with Crippen LogP contribution in [0, 0.1) is 0 Å². The second-order valence-corrected chi connectivity index (χ2v) is 5.16. The number of nitrogens with zero attached hydrogens (tertiary/aromatic N) is 1. The molecule has 1 saturated heterocycles. The molecule has 1 aliphatic rings. The van der Waals surface area contributed by atoms with E-state index in [0.717, 1.165) is 17.8 Å². The van der Waals surface area contributed by atoms with E-state index in [1.54, 1.807) is 0 Å². The summed E-state index contributed by atoms with van der Waals surface area (Å²) in [6.07, 6.45) is 0.826. The highest BCUT2D eigenvalue weighted by Gasteiger charge is 2.52. The summed E-state index contributed by atoms with van der Waals surface area (Å²) in [6, 6.07) is 1.89. The number of hydrogen-bond acceptors (Lipinski definition) is 4. The molecule has 0 unspecified atom stereocenters. The minimum Gasteiger partial charge on any atom is -0.398 e. The SMILES string of the molecule is CCc1cc(B2OC(C)(C)C(C)(C)O2)no1. The van der Waals surface area contributed by atoms with E-state index in [9.17, 15) is 0 Å². The Morgan fingerprint density at radius 3 is 2.19 bits per heavy atom. The van der Waals surface area contributed by atoms with Gasteiger partial charge in [0.1, 0.15) is 11.4 Å². The van der Waals surface area contributed by atoms with Crippen molar-refractivity contribution in [2.24, 2.45) is 0 Å². The average Bonchev–Trinajstić information content (AvgIpc) is 2.70. The first-order valence-electron chi connectivity index (χ1n) is 5.67. The van der Waals surface area contributed by atoms with Gasteiger partial charge in [-0.15, -0.1) is 0 Å². The van der Waals surface area contributed by atoms with E-state index in [2.05, 4.69) is 5.16 Å². The Morgan fingerprint density at radius 1 is 1.19 bits per heavy atom. The molecule has 2 heterocycles. The van der Waals surface area contributed by atoms with Gasteiger partial charge in [-0.05, 0) is 27.7 Å². The van der Waals surface area contributed by atoms with Gasteiger partial charge in [0.25, 0.3) is 0 Å². The second kappa shape index (κ2) is 3.60. The summed E-state index contributed by atoms with van der Waals surface area (Å²) < 4.78 is 16.9. The van der Waals surface area contributed by atoms with E-state index in [1.807, 2.05) is 40.7 Å². The van der Waals surface area contributed by atoms with Crippen molar-refractivity contribution < 1.29 is 13.8 Å². The van der Waals surface area contributed by atoms with Crippen molar-refractivity contribution in [2.75, 3.05) is 0 Å². The molecule has 5 heteroatoms. The molecule has 0 aliphatic carbocycles. The van der Waals surface area contributed by atoms with E-state index in [4.69, 9.17) is 13.8 Å². The molecular formula is C11H18BNO3. The van der Waals surface area contributed by atoms with Crippen LogP contribution in [0.1, 0.15) is 40.4 Å². The van der Waals surface area contributed by atoms with Crippen molar-refractivity contribution in [3.63, 3.8) is 0 Å². The van der Waals surface area contributed by atoms with Crippen LogP contribution in [0.25, 0.3) is 0 Å². The van der Waals surface area contributed by atoms with Gasteiger partial charge >= 0.3 is 7.12 Å². The second-order valence-electron chi connectivity index (χ2n) is 5.16. The summed E-state index contributed by atoms with van der Waals surface area (Å²) in [7, 11) is -0.422. The molecule has 0 radical (unpaired) electrons. The molecule has 0 amide bonds. The van der Waals surface area contributed by atoms with Crippen LogP contribution in [0.5, 0.6) is 0 Å². The van der Waals surface area contributed by atoms with Crippen LogP contribution >= 0.6 is 0 Å². The molecule has 0 bridgehead atoms. The number of hydrogen-bond donors (Lipinski definition) is 0. The van der Waals surface area contributed by atoms with Crippen LogP contribution in [-0.2, 0) is 15.7 Å². The van der Waals surface area contributed by atoms with Crippen LogP contribution < -0.4 is 5.59 Å². The maximum absolute atomic E-state index is 5.86. The molecule has 16 heavy (non-hydrogen) atoms. The van der Waals surface area contributed by atoms with Crippen molar-refractivity contribution >= 4 is 12.7 Å². The molecule has 1 fully saturated rings. The summed E-state index contributed by atoms with van der Waals surface area (Å²) in [5, 5.41) is 3.98. The van der Waals surface area contributed by atoms with Crippen molar-refractivity contribution in [2.45, 2.75) is 52.2 Å². The fraction of sp³-hybridized carbons (Fsp3) is 0.727. The topological polar surface area (TPSA) is 44.5 Å². The molecule has 1 aromatic rings. The first-order valence-corrected chi connectivity index (χ1v) is 5.67. The highest BCUT2D eigenvalue weighted by Crippen LogP contribution is 2.36. The monoisotopic (exact) mass is 223 g/mol.